The SMILES string of the molecule is Cc1ccc(CNc2ccc(C(=O)N3CCC[C@H](C(=O)CC(C)C)C3)cn2)o1. The number of ketones is 1. The molecule has 2 aromatic rings. The fraction of sp³-hybridized carbons (Fsp3) is 0.500. The number of amides is 1. The molecule has 0 unspecified atom stereocenters. The van der Waals surface area contributed by atoms with E-state index in [0.29, 0.717) is 43.4 Å². The average molecular weight is 383 g/mol. The molecule has 1 aliphatic rings. The third-order valence-corrected chi connectivity index (χ3v) is 5.02. The number of anilines is 1. The molecule has 6 nitrogen and oxygen atoms in total. The Morgan fingerprint density at radius 1 is 1.29 bits per heavy atom. The molecule has 0 aromatic carbocycles. The Morgan fingerprint density at radius 2 is 2.11 bits per heavy atom. The van der Waals surface area contributed by atoms with Crippen LogP contribution in [-0.2, 0) is 11.3 Å². The number of hydrogen-bond acceptors (Lipinski definition) is 5. The molecular weight excluding hydrogens is 354 g/mol. The third-order valence-electron chi connectivity index (χ3n) is 5.02. The molecule has 1 aliphatic heterocycles. The Balaban J connectivity index is 1.56. The molecule has 28 heavy (non-hydrogen) atoms. The minimum atomic E-state index is -0.0530. The van der Waals surface area contributed by atoms with Crippen molar-refractivity contribution >= 4 is 17.5 Å². The molecule has 1 saturated heterocycles. The summed E-state index contributed by atoms with van der Waals surface area (Å²) < 4.78 is 5.52. The summed E-state index contributed by atoms with van der Waals surface area (Å²) in [6, 6.07) is 7.43. The summed E-state index contributed by atoms with van der Waals surface area (Å²) in [4.78, 5) is 31.3. The van der Waals surface area contributed by atoms with Gasteiger partial charge >= 0.3 is 0 Å². The first kappa shape index (κ1) is 20.1. The van der Waals surface area contributed by atoms with Crippen LogP contribution < -0.4 is 5.32 Å². The lowest BCUT2D eigenvalue weighted by Crippen LogP contribution is -2.42. The van der Waals surface area contributed by atoms with E-state index in [2.05, 4.69) is 24.1 Å². The van der Waals surface area contributed by atoms with E-state index in [-0.39, 0.29) is 17.6 Å². The van der Waals surface area contributed by atoms with Crippen molar-refractivity contribution in [3.63, 3.8) is 0 Å². The Morgan fingerprint density at radius 3 is 2.75 bits per heavy atom. The van der Waals surface area contributed by atoms with Gasteiger partial charge in [-0.15, -0.1) is 0 Å². The van der Waals surface area contributed by atoms with E-state index in [1.165, 1.54) is 0 Å². The highest BCUT2D eigenvalue weighted by atomic mass is 16.3. The molecule has 0 bridgehead atoms. The number of Topliss-reactive ketones (excluding diaryl/α,β-unsaturated/α-hetero) is 1. The van der Waals surface area contributed by atoms with Crippen LogP contribution in [0.15, 0.2) is 34.9 Å². The zero-order chi connectivity index (χ0) is 20.1. The normalized spacial score (nSPS) is 17.0. The zero-order valence-electron chi connectivity index (χ0n) is 16.9. The number of aryl methyl sites for hydroxylation is 1. The van der Waals surface area contributed by atoms with Crippen LogP contribution >= 0.6 is 0 Å². The summed E-state index contributed by atoms with van der Waals surface area (Å²) in [7, 11) is 0. The average Bonchev–Trinajstić information content (AvgIpc) is 3.11. The number of carbonyl (C=O) groups is 2. The second kappa shape index (κ2) is 9.04. The Kier molecular flexibility index (Phi) is 6.49. The van der Waals surface area contributed by atoms with Gasteiger partial charge in [0.05, 0.1) is 12.1 Å². The van der Waals surface area contributed by atoms with E-state index in [1.54, 1.807) is 23.2 Å². The van der Waals surface area contributed by atoms with Gasteiger partial charge in [0, 0.05) is 31.6 Å². The monoisotopic (exact) mass is 383 g/mol. The summed E-state index contributed by atoms with van der Waals surface area (Å²) in [5, 5.41) is 3.19. The number of rotatable bonds is 7. The van der Waals surface area contributed by atoms with Crippen molar-refractivity contribution in [2.24, 2.45) is 11.8 Å². The summed E-state index contributed by atoms with van der Waals surface area (Å²) in [6.45, 7) is 7.77. The maximum Gasteiger partial charge on any atom is 0.255 e. The molecule has 3 rings (SSSR count). The molecule has 6 heteroatoms. The second-order valence-electron chi connectivity index (χ2n) is 7.95. The second-order valence-corrected chi connectivity index (χ2v) is 7.95. The molecule has 1 fully saturated rings. The van der Waals surface area contributed by atoms with Crippen molar-refractivity contribution in [3.8, 4) is 0 Å². The van der Waals surface area contributed by atoms with Gasteiger partial charge in [0.2, 0.25) is 0 Å². The number of aromatic nitrogens is 1. The van der Waals surface area contributed by atoms with E-state index in [0.717, 1.165) is 24.4 Å². The minimum absolute atomic E-state index is 0.0363. The molecule has 0 spiro atoms. The van der Waals surface area contributed by atoms with Crippen LogP contribution in [0.4, 0.5) is 5.82 Å². The van der Waals surface area contributed by atoms with Crippen molar-refractivity contribution in [3.05, 3.63) is 47.5 Å². The summed E-state index contributed by atoms with van der Waals surface area (Å²) in [5.41, 5.74) is 0.552. The molecule has 1 N–H and O–H groups in total. The van der Waals surface area contributed by atoms with Gasteiger partial charge in [0.1, 0.15) is 23.1 Å². The predicted molar refractivity (Wildman–Crippen MR) is 108 cm³/mol. The van der Waals surface area contributed by atoms with Crippen molar-refractivity contribution in [1.29, 1.82) is 0 Å². The number of likely N-dealkylation sites (tertiary alicyclic amines) is 1. The number of hydrogen-bond donors (Lipinski definition) is 1. The largest absolute Gasteiger partial charge is 0.465 e. The summed E-state index contributed by atoms with van der Waals surface area (Å²) in [5.74, 6) is 2.94. The number of piperidine rings is 1. The Labute approximate surface area is 166 Å². The summed E-state index contributed by atoms with van der Waals surface area (Å²) >= 11 is 0. The van der Waals surface area contributed by atoms with E-state index < -0.39 is 0 Å². The molecule has 0 radical (unpaired) electrons. The van der Waals surface area contributed by atoms with Crippen LogP contribution in [-0.4, -0.2) is 34.7 Å². The van der Waals surface area contributed by atoms with Gasteiger partial charge in [0.15, 0.2) is 0 Å². The molecule has 3 heterocycles. The topological polar surface area (TPSA) is 75.4 Å². The van der Waals surface area contributed by atoms with Crippen molar-refractivity contribution in [1.82, 2.24) is 9.88 Å². The number of pyridine rings is 1. The van der Waals surface area contributed by atoms with Crippen LogP contribution in [0.2, 0.25) is 0 Å². The number of carbonyl (C=O) groups excluding carboxylic acids is 2. The number of nitrogens with zero attached hydrogens (tertiary/aromatic N) is 2. The molecule has 2 aromatic heterocycles. The predicted octanol–water partition coefficient (Wildman–Crippen LogP) is 4.06. The van der Waals surface area contributed by atoms with Gasteiger partial charge in [-0.3, -0.25) is 9.59 Å². The van der Waals surface area contributed by atoms with Gasteiger partial charge in [-0.25, -0.2) is 4.98 Å². The van der Waals surface area contributed by atoms with E-state index in [4.69, 9.17) is 4.42 Å². The van der Waals surface area contributed by atoms with Gasteiger partial charge in [-0.05, 0) is 49.9 Å². The van der Waals surface area contributed by atoms with Crippen LogP contribution in [0, 0.1) is 18.8 Å². The highest BCUT2D eigenvalue weighted by Gasteiger charge is 2.29. The van der Waals surface area contributed by atoms with E-state index >= 15 is 0 Å². The Hall–Kier alpha value is -2.63. The van der Waals surface area contributed by atoms with Crippen LogP contribution in [0.3, 0.4) is 0 Å². The fourth-order valence-electron chi connectivity index (χ4n) is 3.56. The first-order chi connectivity index (χ1) is 13.4. The standard InChI is InChI=1S/C22H29N3O3/c1-15(2)11-20(26)18-5-4-10-25(14-18)22(27)17-7-9-21(23-12-17)24-13-19-8-6-16(3)28-19/h6-9,12,15,18H,4-5,10-11,13-14H2,1-3H3,(H,23,24)/t18-/m0/s1. The molecular formula is C22H29N3O3. The summed E-state index contributed by atoms with van der Waals surface area (Å²) in [6.07, 6.45) is 3.93. The van der Waals surface area contributed by atoms with Crippen LogP contribution in [0.1, 0.15) is 55.0 Å². The highest BCUT2D eigenvalue weighted by Crippen LogP contribution is 2.22. The first-order valence-corrected chi connectivity index (χ1v) is 9.99. The maximum atomic E-state index is 12.8. The lowest BCUT2D eigenvalue weighted by molar-refractivity contribution is -0.124. The maximum absolute atomic E-state index is 12.8. The molecule has 1 atom stereocenters. The highest BCUT2D eigenvalue weighted by molar-refractivity contribution is 5.94. The van der Waals surface area contributed by atoms with Gasteiger partial charge in [-0.1, -0.05) is 13.8 Å². The van der Waals surface area contributed by atoms with Crippen molar-refractivity contribution in [2.75, 3.05) is 18.4 Å². The molecule has 150 valence electrons. The van der Waals surface area contributed by atoms with Crippen molar-refractivity contribution < 1.29 is 14.0 Å². The Bertz CT molecular complexity index is 811. The number of furan rings is 1. The van der Waals surface area contributed by atoms with Gasteiger partial charge in [-0.2, -0.15) is 0 Å². The van der Waals surface area contributed by atoms with Crippen molar-refractivity contribution in [2.45, 2.75) is 46.6 Å². The smallest absolute Gasteiger partial charge is 0.255 e. The van der Waals surface area contributed by atoms with Crippen LogP contribution in [0.5, 0.6) is 0 Å². The van der Waals surface area contributed by atoms with Crippen LogP contribution in [0.25, 0.3) is 0 Å². The molecule has 0 saturated carbocycles. The number of nitrogens with one attached hydrogen (secondary N) is 1. The first-order valence-electron chi connectivity index (χ1n) is 9.99. The fourth-order valence-corrected chi connectivity index (χ4v) is 3.56. The zero-order valence-corrected chi connectivity index (χ0v) is 16.9. The quantitative estimate of drug-likeness (QED) is 0.780. The lowest BCUT2D eigenvalue weighted by atomic mass is 9.89. The molecule has 0 aliphatic carbocycles. The molecule has 1 amide bonds. The minimum Gasteiger partial charge on any atom is -0.465 e. The lowest BCUT2D eigenvalue weighted by Gasteiger charge is -2.32. The van der Waals surface area contributed by atoms with E-state index in [1.807, 2.05) is 19.1 Å². The van der Waals surface area contributed by atoms with E-state index in [9.17, 15) is 9.59 Å². The third kappa shape index (κ3) is 5.21. The van der Waals surface area contributed by atoms with Gasteiger partial charge in [0.25, 0.3) is 5.91 Å². The van der Waals surface area contributed by atoms with Gasteiger partial charge < -0.3 is 14.6 Å².